The smallest absolute Gasteiger partial charge is 0.306 e. The van der Waals surface area contributed by atoms with Crippen molar-refractivity contribution in [1.82, 2.24) is 0 Å². The second-order valence-electron chi connectivity index (χ2n) is 11.0. The highest BCUT2D eigenvalue weighted by atomic mass is 16.7. The first-order chi connectivity index (χ1) is 18.1. The van der Waals surface area contributed by atoms with Gasteiger partial charge in [-0.2, -0.15) is 0 Å². The summed E-state index contributed by atoms with van der Waals surface area (Å²) >= 11 is 0. The summed E-state index contributed by atoms with van der Waals surface area (Å²) < 4.78 is 16.0. The van der Waals surface area contributed by atoms with Crippen LogP contribution in [0.25, 0.3) is 0 Å². The van der Waals surface area contributed by atoms with Crippen LogP contribution in [0.15, 0.2) is 0 Å². The van der Waals surface area contributed by atoms with Crippen LogP contribution in [0, 0.1) is 5.92 Å². The summed E-state index contributed by atoms with van der Waals surface area (Å²) in [7, 11) is 0. The van der Waals surface area contributed by atoms with Gasteiger partial charge in [0.1, 0.15) is 48.8 Å². The maximum Gasteiger partial charge on any atom is 0.306 e. The Labute approximate surface area is 225 Å². The number of aliphatic hydroxyl groups excluding tert-OH is 7. The standard InChI is InChI=1S/C27H50O11/c1-3-4-9-12-16(2)13-10-7-5-6-8-11-14-18(29)37-25-22(33)20(31)21(32)23(34)26(25)38-27-24(35)19(30)17(28)15-36-27/h16-17,19-28,30-35H,3-15H2,1-2H3/t16?,17-,19+,20+,21+,22-,23-,24+,25-,26+,27+/m1/s1. The van der Waals surface area contributed by atoms with Crippen molar-refractivity contribution in [3.63, 3.8) is 0 Å². The molecule has 1 saturated heterocycles. The third kappa shape index (κ3) is 9.94. The maximum absolute atomic E-state index is 12.5. The van der Waals surface area contributed by atoms with Gasteiger partial charge >= 0.3 is 5.97 Å². The molecule has 11 atom stereocenters. The van der Waals surface area contributed by atoms with Crippen LogP contribution in [0.5, 0.6) is 0 Å². The first kappa shape index (κ1) is 33.3. The molecule has 1 heterocycles. The fourth-order valence-electron chi connectivity index (χ4n) is 5.10. The molecule has 0 aromatic heterocycles. The van der Waals surface area contributed by atoms with E-state index in [1.807, 2.05) is 0 Å². The van der Waals surface area contributed by atoms with Gasteiger partial charge in [-0.25, -0.2) is 0 Å². The van der Waals surface area contributed by atoms with Gasteiger partial charge in [-0.05, 0) is 12.3 Å². The summed E-state index contributed by atoms with van der Waals surface area (Å²) in [5, 5.41) is 70.7. The second kappa shape index (κ2) is 17.0. The summed E-state index contributed by atoms with van der Waals surface area (Å²) in [6.07, 6.45) is -4.18. The number of hydrogen-bond donors (Lipinski definition) is 7. The highest BCUT2D eigenvalue weighted by Gasteiger charge is 2.53. The van der Waals surface area contributed by atoms with Gasteiger partial charge in [0.15, 0.2) is 12.4 Å². The minimum Gasteiger partial charge on any atom is -0.457 e. The van der Waals surface area contributed by atoms with Crippen molar-refractivity contribution >= 4 is 5.97 Å². The number of rotatable bonds is 16. The van der Waals surface area contributed by atoms with Crippen molar-refractivity contribution in [1.29, 1.82) is 0 Å². The van der Waals surface area contributed by atoms with Gasteiger partial charge in [0, 0.05) is 6.42 Å². The normalized spacial score (nSPS) is 36.7. The number of carbonyl (C=O) groups excluding carboxylic acids is 1. The Hall–Kier alpha value is -0.890. The SMILES string of the molecule is CCCCCC(C)CCCCCCCCC(=O)O[C@@H]1[C@H](O)[C@@H](O)[C@H](O)[C@@H](O)[C@@H]1O[C@@H]1OC[C@@H](O)[C@H](O)[C@@H]1O. The zero-order valence-corrected chi connectivity index (χ0v) is 22.8. The van der Waals surface area contributed by atoms with E-state index < -0.39 is 67.2 Å². The van der Waals surface area contributed by atoms with E-state index in [4.69, 9.17) is 14.2 Å². The predicted octanol–water partition coefficient (Wildman–Crippen LogP) is 0.517. The van der Waals surface area contributed by atoms with Crippen LogP contribution in [-0.2, 0) is 19.0 Å². The molecule has 38 heavy (non-hydrogen) atoms. The Morgan fingerprint density at radius 2 is 1.29 bits per heavy atom. The van der Waals surface area contributed by atoms with Crippen LogP contribution in [0.1, 0.15) is 90.9 Å². The van der Waals surface area contributed by atoms with Crippen LogP contribution in [0.2, 0.25) is 0 Å². The fourth-order valence-corrected chi connectivity index (χ4v) is 5.10. The third-order valence-electron chi connectivity index (χ3n) is 7.69. The molecule has 0 aromatic carbocycles. The molecule has 0 aromatic rings. The minimum atomic E-state index is -1.82. The third-order valence-corrected chi connectivity index (χ3v) is 7.69. The fraction of sp³-hybridized carbons (Fsp3) is 0.963. The monoisotopic (exact) mass is 550 g/mol. The molecule has 1 unspecified atom stereocenters. The van der Waals surface area contributed by atoms with Gasteiger partial charge in [-0.3, -0.25) is 4.79 Å². The van der Waals surface area contributed by atoms with Crippen molar-refractivity contribution in [2.75, 3.05) is 6.61 Å². The zero-order chi connectivity index (χ0) is 28.2. The van der Waals surface area contributed by atoms with Crippen LogP contribution in [0.3, 0.4) is 0 Å². The lowest BCUT2D eigenvalue weighted by molar-refractivity contribution is -0.322. The molecular formula is C27H50O11. The van der Waals surface area contributed by atoms with Gasteiger partial charge in [0.2, 0.25) is 0 Å². The lowest BCUT2D eigenvalue weighted by Gasteiger charge is -2.45. The summed E-state index contributed by atoms with van der Waals surface area (Å²) in [6, 6.07) is 0. The highest BCUT2D eigenvalue weighted by Crippen LogP contribution is 2.30. The molecule has 0 bridgehead atoms. The molecule has 2 rings (SSSR count). The van der Waals surface area contributed by atoms with E-state index in [2.05, 4.69) is 13.8 Å². The van der Waals surface area contributed by atoms with E-state index in [0.29, 0.717) is 6.42 Å². The van der Waals surface area contributed by atoms with Crippen molar-refractivity contribution in [3.8, 4) is 0 Å². The Morgan fingerprint density at radius 1 is 0.737 bits per heavy atom. The van der Waals surface area contributed by atoms with E-state index in [1.165, 1.54) is 38.5 Å². The van der Waals surface area contributed by atoms with Gasteiger partial charge in [0.05, 0.1) is 6.61 Å². The minimum absolute atomic E-state index is 0.0621. The maximum atomic E-state index is 12.5. The number of esters is 1. The summed E-state index contributed by atoms with van der Waals surface area (Å²) in [6.45, 7) is 4.16. The first-order valence-corrected chi connectivity index (χ1v) is 14.3. The van der Waals surface area contributed by atoms with Crippen LogP contribution in [0.4, 0.5) is 0 Å². The van der Waals surface area contributed by atoms with Crippen LogP contribution < -0.4 is 0 Å². The molecule has 0 radical (unpaired) electrons. The number of ether oxygens (including phenoxy) is 3. The molecule has 2 fully saturated rings. The molecule has 1 saturated carbocycles. The van der Waals surface area contributed by atoms with Gasteiger partial charge < -0.3 is 50.0 Å². The lowest BCUT2D eigenvalue weighted by Crippen LogP contribution is -2.67. The van der Waals surface area contributed by atoms with E-state index in [-0.39, 0.29) is 13.0 Å². The first-order valence-electron chi connectivity index (χ1n) is 14.3. The molecule has 1 aliphatic carbocycles. The predicted molar refractivity (Wildman–Crippen MR) is 137 cm³/mol. The average molecular weight is 551 g/mol. The van der Waals surface area contributed by atoms with Gasteiger partial charge in [0.25, 0.3) is 0 Å². The molecule has 11 heteroatoms. The zero-order valence-electron chi connectivity index (χ0n) is 22.8. The topological polar surface area (TPSA) is 186 Å². The van der Waals surface area contributed by atoms with Crippen LogP contribution >= 0.6 is 0 Å². The molecule has 224 valence electrons. The van der Waals surface area contributed by atoms with E-state index in [1.54, 1.807) is 0 Å². The van der Waals surface area contributed by atoms with Crippen LogP contribution in [-0.4, -0.2) is 110 Å². The Morgan fingerprint density at radius 3 is 1.92 bits per heavy atom. The number of aliphatic hydroxyl groups is 7. The van der Waals surface area contributed by atoms with E-state index in [0.717, 1.165) is 31.6 Å². The quantitative estimate of drug-likeness (QED) is 0.105. The Kier molecular flexibility index (Phi) is 14.9. The summed E-state index contributed by atoms with van der Waals surface area (Å²) in [5.41, 5.74) is 0. The summed E-state index contributed by atoms with van der Waals surface area (Å²) in [5.74, 6) is 0.0990. The molecule has 7 N–H and O–H groups in total. The molecule has 0 spiro atoms. The largest absolute Gasteiger partial charge is 0.457 e. The molecule has 2 aliphatic rings. The number of carbonyl (C=O) groups is 1. The lowest BCUT2D eigenvalue weighted by atomic mass is 9.84. The van der Waals surface area contributed by atoms with E-state index >= 15 is 0 Å². The molecular weight excluding hydrogens is 500 g/mol. The molecule has 0 amide bonds. The van der Waals surface area contributed by atoms with E-state index in [9.17, 15) is 40.5 Å². The number of hydrogen-bond acceptors (Lipinski definition) is 11. The van der Waals surface area contributed by atoms with Crippen molar-refractivity contribution in [3.05, 3.63) is 0 Å². The van der Waals surface area contributed by atoms with Crippen molar-refractivity contribution < 1.29 is 54.8 Å². The van der Waals surface area contributed by atoms with Gasteiger partial charge in [-0.1, -0.05) is 78.1 Å². The average Bonchev–Trinajstić information content (AvgIpc) is 2.89. The summed E-state index contributed by atoms with van der Waals surface area (Å²) in [4.78, 5) is 12.5. The van der Waals surface area contributed by atoms with Crippen molar-refractivity contribution in [2.45, 2.75) is 152 Å². The Balaban J connectivity index is 1.76. The molecule has 11 nitrogen and oxygen atoms in total. The second-order valence-corrected chi connectivity index (χ2v) is 11.0. The highest BCUT2D eigenvalue weighted by molar-refractivity contribution is 5.69. The number of unbranched alkanes of at least 4 members (excludes halogenated alkanes) is 7. The molecule has 1 aliphatic heterocycles. The van der Waals surface area contributed by atoms with Gasteiger partial charge in [-0.15, -0.1) is 0 Å². The Bertz CT molecular complexity index is 665. The van der Waals surface area contributed by atoms with Crippen molar-refractivity contribution in [2.24, 2.45) is 5.92 Å².